The quantitative estimate of drug-likeness (QED) is 0.114. The van der Waals surface area contributed by atoms with E-state index in [4.69, 9.17) is 9.16 Å². The van der Waals surface area contributed by atoms with E-state index in [-0.39, 0.29) is 16.4 Å². The molecule has 198 valence electrons. The van der Waals surface area contributed by atoms with Crippen LogP contribution in [0, 0.1) is 5.41 Å². The Bertz CT molecular complexity index is 1200. The van der Waals surface area contributed by atoms with Crippen LogP contribution in [0.5, 0.6) is 5.75 Å². The van der Waals surface area contributed by atoms with E-state index < -0.39 is 8.32 Å². The molecule has 1 unspecified atom stereocenters. The molecule has 0 heterocycles. The predicted octanol–water partition coefficient (Wildman–Crippen LogP) is 7.34. The van der Waals surface area contributed by atoms with Crippen LogP contribution in [0.4, 0.5) is 0 Å². The first-order chi connectivity index (χ1) is 18.1. The fourth-order valence-electron chi connectivity index (χ4n) is 4.58. The molecule has 3 nitrogen and oxygen atoms in total. The van der Waals surface area contributed by atoms with Crippen LogP contribution in [-0.4, -0.2) is 20.9 Å². The van der Waals surface area contributed by atoms with E-state index in [1.165, 1.54) is 16.4 Å². The number of benzene rings is 3. The Kier molecular flexibility index (Phi) is 9.70. The van der Waals surface area contributed by atoms with Gasteiger partial charge in [-0.25, -0.2) is 4.79 Å². The number of carbonyl (C=O) groups is 1. The summed E-state index contributed by atoms with van der Waals surface area (Å²) in [6, 6.07) is 29.6. The molecular formula is C34H40O3Si. The third-order valence-corrected chi connectivity index (χ3v) is 11.7. The number of allylic oxidation sites excluding steroid dienone is 3. The van der Waals surface area contributed by atoms with Gasteiger partial charge in [-0.1, -0.05) is 125 Å². The van der Waals surface area contributed by atoms with Gasteiger partial charge in [0.25, 0.3) is 0 Å². The molecular weight excluding hydrogens is 484 g/mol. The molecule has 3 aromatic carbocycles. The lowest BCUT2D eigenvalue weighted by Gasteiger charge is -2.43. The Balaban J connectivity index is 1.88. The van der Waals surface area contributed by atoms with Crippen molar-refractivity contribution >= 4 is 30.7 Å². The maximum absolute atomic E-state index is 11.6. The molecule has 38 heavy (non-hydrogen) atoms. The molecule has 0 saturated carbocycles. The zero-order chi connectivity index (χ0) is 27.7. The highest BCUT2D eigenvalue weighted by molar-refractivity contribution is 7.00. The van der Waals surface area contributed by atoms with Gasteiger partial charge in [0.1, 0.15) is 5.75 Å². The first-order valence-electron chi connectivity index (χ1n) is 13.2. The molecule has 3 aromatic rings. The number of carbonyl (C=O) groups excluding carboxylic acids is 1. The van der Waals surface area contributed by atoms with Crippen molar-refractivity contribution in [2.24, 2.45) is 5.41 Å². The number of rotatable bonds is 11. The molecule has 0 N–H and O–H groups in total. The first kappa shape index (κ1) is 28.9. The highest BCUT2D eigenvalue weighted by atomic mass is 28.4. The van der Waals surface area contributed by atoms with Gasteiger partial charge in [-0.05, 0) is 46.5 Å². The van der Waals surface area contributed by atoms with Crippen LogP contribution in [0.2, 0.25) is 5.04 Å². The molecule has 4 heteroatoms. The SMILES string of the molecule is C=CC(C)(/C=C/c1ccc(O[Si](c2ccccc2)(c2ccccc2)C(C)(C)C)cc1)C/C=C/C(=O)OCC. The van der Waals surface area contributed by atoms with Crippen molar-refractivity contribution in [2.75, 3.05) is 6.61 Å². The predicted molar refractivity (Wildman–Crippen MR) is 162 cm³/mol. The lowest BCUT2D eigenvalue weighted by Crippen LogP contribution is -2.68. The summed E-state index contributed by atoms with van der Waals surface area (Å²) >= 11 is 0. The summed E-state index contributed by atoms with van der Waals surface area (Å²) in [5.74, 6) is 0.541. The van der Waals surface area contributed by atoms with Crippen molar-refractivity contribution in [1.82, 2.24) is 0 Å². The maximum Gasteiger partial charge on any atom is 0.330 e. The number of esters is 1. The van der Waals surface area contributed by atoms with E-state index in [0.29, 0.717) is 13.0 Å². The van der Waals surface area contributed by atoms with Crippen molar-refractivity contribution in [3.05, 3.63) is 121 Å². The number of hydrogen-bond acceptors (Lipinski definition) is 3. The molecule has 0 aromatic heterocycles. The van der Waals surface area contributed by atoms with Crippen LogP contribution in [0.15, 0.2) is 116 Å². The summed E-state index contributed by atoms with van der Waals surface area (Å²) in [6.45, 7) is 15.1. The van der Waals surface area contributed by atoms with Gasteiger partial charge >= 0.3 is 14.3 Å². The van der Waals surface area contributed by atoms with E-state index >= 15 is 0 Å². The monoisotopic (exact) mass is 524 g/mol. The largest absolute Gasteiger partial charge is 0.534 e. The minimum absolute atomic E-state index is 0.100. The molecule has 3 rings (SSSR count). The Morgan fingerprint density at radius 3 is 1.89 bits per heavy atom. The van der Waals surface area contributed by atoms with Crippen molar-refractivity contribution < 1.29 is 14.0 Å². The lowest BCUT2D eigenvalue weighted by molar-refractivity contribution is -0.137. The second-order valence-electron chi connectivity index (χ2n) is 10.7. The fourth-order valence-corrected chi connectivity index (χ4v) is 9.00. The van der Waals surface area contributed by atoms with Crippen molar-refractivity contribution in [3.8, 4) is 5.75 Å². The fraction of sp³-hybridized carbons (Fsp3) is 0.265. The highest BCUT2D eigenvalue weighted by Crippen LogP contribution is 2.37. The second kappa shape index (κ2) is 12.7. The van der Waals surface area contributed by atoms with Crippen molar-refractivity contribution in [1.29, 1.82) is 0 Å². The maximum atomic E-state index is 11.6. The molecule has 1 atom stereocenters. The minimum atomic E-state index is -2.67. The first-order valence-corrected chi connectivity index (χ1v) is 15.1. The van der Waals surface area contributed by atoms with E-state index in [9.17, 15) is 4.79 Å². The summed E-state index contributed by atoms with van der Waals surface area (Å²) < 4.78 is 12.1. The van der Waals surface area contributed by atoms with E-state index in [0.717, 1.165) is 11.3 Å². The smallest absolute Gasteiger partial charge is 0.330 e. The van der Waals surface area contributed by atoms with Gasteiger partial charge in [0.15, 0.2) is 0 Å². The lowest BCUT2D eigenvalue weighted by atomic mass is 9.86. The average molecular weight is 525 g/mol. The van der Waals surface area contributed by atoms with Gasteiger partial charge in [-0.3, -0.25) is 0 Å². The molecule has 0 aliphatic heterocycles. The Morgan fingerprint density at radius 1 is 0.868 bits per heavy atom. The van der Waals surface area contributed by atoms with Crippen LogP contribution >= 0.6 is 0 Å². The summed E-state index contributed by atoms with van der Waals surface area (Å²) in [5, 5.41) is 2.40. The standard InChI is InChI=1S/C34H40O3Si/c1-7-34(6,26-15-20-32(35)36-8-2)27-25-28-21-23-29(24-22-28)37-38(33(3,4)5,30-16-11-9-12-17-30)31-18-13-10-14-19-31/h7,9-25,27H,1,8,26H2,2-6H3/b20-15+,27-25+. The van der Waals surface area contributed by atoms with Gasteiger partial charge in [0, 0.05) is 11.5 Å². The third kappa shape index (κ3) is 7.02. The summed E-state index contributed by atoms with van der Waals surface area (Å²) in [5.41, 5.74) is 0.787. The minimum Gasteiger partial charge on any atom is -0.534 e. The number of ether oxygens (including phenoxy) is 1. The van der Waals surface area contributed by atoms with Crippen LogP contribution in [0.1, 0.15) is 46.6 Å². The van der Waals surface area contributed by atoms with Crippen molar-refractivity contribution in [2.45, 2.75) is 46.1 Å². The molecule has 0 bridgehead atoms. The van der Waals surface area contributed by atoms with Gasteiger partial charge in [-0.15, -0.1) is 6.58 Å². The molecule has 0 fully saturated rings. The van der Waals surface area contributed by atoms with Gasteiger partial charge < -0.3 is 9.16 Å². The van der Waals surface area contributed by atoms with Crippen LogP contribution < -0.4 is 14.8 Å². The Morgan fingerprint density at radius 2 is 1.42 bits per heavy atom. The van der Waals surface area contributed by atoms with Gasteiger partial charge in [-0.2, -0.15) is 0 Å². The third-order valence-electron chi connectivity index (χ3n) is 6.79. The normalized spacial score (nSPS) is 13.8. The Hall–Kier alpha value is -3.63. The molecule has 0 spiro atoms. The van der Waals surface area contributed by atoms with Crippen LogP contribution in [0.25, 0.3) is 6.08 Å². The van der Waals surface area contributed by atoms with Crippen LogP contribution in [0.3, 0.4) is 0 Å². The van der Waals surface area contributed by atoms with Crippen molar-refractivity contribution in [3.63, 3.8) is 0 Å². The van der Waals surface area contributed by atoms with Crippen LogP contribution in [-0.2, 0) is 9.53 Å². The topological polar surface area (TPSA) is 35.5 Å². The molecule has 0 radical (unpaired) electrons. The number of hydrogen-bond donors (Lipinski definition) is 0. The summed E-state index contributed by atoms with van der Waals surface area (Å²) in [7, 11) is -2.67. The molecule has 0 saturated heterocycles. The van der Waals surface area contributed by atoms with Gasteiger partial charge in [0.05, 0.1) is 6.61 Å². The summed E-state index contributed by atoms with van der Waals surface area (Å²) in [4.78, 5) is 11.6. The van der Waals surface area contributed by atoms with E-state index in [1.54, 1.807) is 6.92 Å². The zero-order valence-corrected chi connectivity index (χ0v) is 24.3. The Labute approximate surface area is 229 Å². The second-order valence-corrected chi connectivity index (χ2v) is 15.0. The molecule has 0 amide bonds. The van der Waals surface area contributed by atoms with E-state index in [2.05, 4.69) is 131 Å². The van der Waals surface area contributed by atoms with Gasteiger partial charge in [0.2, 0.25) is 0 Å². The summed E-state index contributed by atoms with van der Waals surface area (Å²) in [6.07, 6.45) is 10.1. The highest BCUT2D eigenvalue weighted by Gasteiger charge is 2.52. The average Bonchev–Trinajstić information content (AvgIpc) is 2.91. The molecule has 0 aliphatic carbocycles. The zero-order valence-electron chi connectivity index (χ0n) is 23.3. The molecule has 0 aliphatic rings. The van der Waals surface area contributed by atoms with E-state index in [1.807, 2.05) is 12.2 Å².